The number of aliphatic hydroxyl groups is 1. The number of nitrogens with zero attached hydrogens (tertiary/aromatic N) is 1. The largest absolute Gasteiger partial charge is 0.389 e. The van der Waals surface area contributed by atoms with Gasteiger partial charge in [-0.2, -0.15) is 0 Å². The summed E-state index contributed by atoms with van der Waals surface area (Å²) in [4.78, 5) is 1.92. The molecule has 2 nitrogen and oxygen atoms in total. The molecular weight excluding hydrogens is 217 g/mol. The second-order valence-electron chi connectivity index (χ2n) is 4.99. The molecule has 17 heavy (non-hydrogen) atoms. The predicted molar refractivity (Wildman–Crippen MR) is 69.8 cm³/mol. The van der Waals surface area contributed by atoms with E-state index in [-0.39, 0.29) is 5.82 Å². The van der Waals surface area contributed by atoms with E-state index in [2.05, 4.69) is 13.8 Å². The Kier molecular flexibility index (Phi) is 4.94. The van der Waals surface area contributed by atoms with Gasteiger partial charge in [-0.3, -0.25) is 0 Å². The van der Waals surface area contributed by atoms with Crippen LogP contribution in [0.3, 0.4) is 0 Å². The lowest BCUT2D eigenvalue weighted by molar-refractivity contribution is 0.199. The molecule has 1 aromatic rings. The molecule has 0 saturated heterocycles. The second-order valence-corrected chi connectivity index (χ2v) is 4.99. The normalized spacial score (nSPS) is 12.9. The van der Waals surface area contributed by atoms with E-state index in [0.717, 1.165) is 13.0 Å². The van der Waals surface area contributed by atoms with Crippen molar-refractivity contribution in [1.82, 2.24) is 0 Å². The maximum Gasteiger partial charge on any atom is 0.146 e. The molecule has 3 heteroatoms. The first-order chi connectivity index (χ1) is 7.91. The molecule has 0 saturated carbocycles. The van der Waals surface area contributed by atoms with Crippen molar-refractivity contribution in [2.75, 3.05) is 18.5 Å². The summed E-state index contributed by atoms with van der Waals surface area (Å²) < 4.78 is 13.8. The first kappa shape index (κ1) is 14.0. The van der Waals surface area contributed by atoms with E-state index in [1.165, 1.54) is 6.07 Å². The zero-order chi connectivity index (χ0) is 13.0. The van der Waals surface area contributed by atoms with Crippen molar-refractivity contribution in [1.29, 1.82) is 0 Å². The van der Waals surface area contributed by atoms with Crippen LogP contribution >= 0.6 is 0 Å². The molecule has 0 amide bonds. The lowest BCUT2D eigenvalue weighted by Gasteiger charge is -2.21. The lowest BCUT2D eigenvalue weighted by atomic mass is 10.1. The number of rotatable bonds is 5. The second kappa shape index (κ2) is 6.01. The number of hydrogen-bond donors (Lipinski definition) is 1. The maximum absolute atomic E-state index is 13.8. The number of benzene rings is 1. The van der Waals surface area contributed by atoms with Crippen LogP contribution in [0.2, 0.25) is 0 Å². The molecule has 96 valence electrons. The van der Waals surface area contributed by atoms with Gasteiger partial charge in [-0.15, -0.1) is 0 Å². The SMILES string of the molecule is CC(C)CCN(C)c1ccc(C(C)O)cc1F. The van der Waals surface area contributed by atoms with Crippen molar-refractivity contribution in [3.63, 3.8) is 0 Å². The Bertz CT molecular complexity index is 363. The predicted octanol–water partition coefficient (Wildman–Crippen LogP) is 3.36. The Hall–Kier alpha value is -1.09. The van der Waals surface area contributed by atoms with E-state index in [4.69, 9.17) is 0 Å². The summed E-state index contributed by atoms with van der Waals surface area (Å²) >= 11 is 0. The maximum atomic E-state index is 13.8. The minimum absolute atomic E-state index is 0.269. The fourth-order valence-electron chi connectivity index (χ4n) is 1.66. The third-order valence-electron chi connectivity index (χ3n) is 2.91. The molecule has 0 aromatic heterocycles. The molecule has 1 N–H and O–H groups in total. The molecular formula is C14H22FNO. The molecule has 0 heterocycles. The number of anilines is 1. The standard InChI is InChI=1S/C14H22FNO/c1-10(2)7-8-16(4)14-6-5-12(11(3)17)9-13(14)15/h5-6,9-11,17H,7-8H2,1-4H3. The summed E-state index contributed by atoms with van der Waals surface area (Å²) in [6, 6.07) is 4.92. The average molecular weight is 239 g/mol. The van der Waals surface area contributed by atoms with Gasteiger partial charge in [0.1, 0.15) is 5.82 Å². The fourth-order valence-corrected chi connectivity index (χ4v) is 1.66. The van der Waals surface area contributed by atoms with Crippen molar-refractivity contribution < 1.29 is 9.50 Å². The highest BCUT2D eigenvalue weighted by Crippen LogP contribution is 2.23. The van der Waals surface area contributed by atoms with Crippen molar-refractivity contribution in [2.45, 2.75) is 33.3 Å². The van der Waals surface area contributed by atoms with Gasteiger partial charge in [0.15, 0.2) is 0 Å². The van der Waals surface area contributed by atoms with Crippen LogP contribution in [-0.4, -0.2) is 18.7 Å². The molecule has 0 bridgehead atoms. The minimum Gasteiger partial charge on any atom is -0.389 e. The summed E-state index contributed by atoms with van der Waals surface area (Å²) in [6.45, 7) is 6.78. The third kappa shape index (κ3) is 4.00. The molecule has 0 aliphatic carbocycles. The highest BCUT2D eigenvalue weighted by atomic mass is 19.1. The molecule has 0 aliphatic heterocycles. The van der Waals surface area contributed by atoms with Crippen molar-refractivity contribution in [3.05, 3.63) is 29.6 Å². The Morgan fingerprint density at radius 3 is 2.41 bits per heavy atom. The van der Waals surface area contributed by atoms with Gasteiger partial charge in [0.05, 0.1) is 11.8 Å². The summed E-state index contributed by atoms with van der Waals surface area (Å²) in [5.41, 5.74) is 1.21. The van der Waals surface area contributed by atoms with Crippen LogP contribution < -0.4 is 4.90 Å². The summed E-state index contributed by atoms with van der Waals surface area (Å²) in [5, 5.41) is 9.37. The molecule has 0 radical (unpaired) electrons. The quantitative estimate of drug-likeness (QED) is 0.851. The van der Waals surface area contributed by atoms with Crippen LogP contribution in [0.1, 0.15) is 38.9 Å². The minimum atomic E-state index is -0.625. The van der Waals surface area contributed by atoms with Crippen LogP contribution in [0.25, 0.3) is 0 Å². The van der Waals surface area contributed by atoms with E-state index in [1.807, 2.05) is 11.9 Å². The topological polar surface area (TPSA) is 23.5 Å². The zero-order valence-electron chi connectivity index (χ0n) is 11.1. The van der Waals surface area contributed by atoms with E-state index in [9.17, 15) is 9.50 Å². The van der Waals surface area contributed by atoms with Gasteiger partial charge in [-0.1, -0.05) is 19.9 Å². The van der Waals surface area contributed by atoms with Gasteiger partial charge in [0, 0.05) is 13.6 Å². The van der Waals surface area contributed by atoms with Crippen LogP contribution in [0.4, 0.5) is 10.1 Å². The first-order valence-electron chi connectivity index (χ1n) is 6.10. The Morgan fingerprint density at radius 2 is 1.94 bits per heavy atom. The van der Waals surface area contributed by atoms with Crippen LogP contribution in [0.15, 0.2) is 18.2 Å². The summed E-state index contributed by atoms with van der Waals surface area (Å²) in [5.74, 6) is 0.340. The monoisotopic (exact) mass is 239 g/mol. The number of hydrogen-bond acceptors (Lipinski definition) is 2. The Labute approximate surface area is 103 Å². The number of halogens is 1. The summed E-state index contributed by atoms with van der Waals surface area (Å²) in [7, 11) is 1.89. The third-order valence-corrected chi connectivity index (χ3v) is 2.91. The van der Waals surface area contributed by atoms with Gasteiger partial charge in [0.2, 0.25) is 0 Å². The lowest BCUT2D eigenvalue weighted by Crippen LogP contribution is -2.21. The van der Waals surface area contributed by atoms with Crippen LogP contribution in [0, 0.1) is 11.7 Å². The van der Waals surface area contributed by atoms with Gasteiger partial charge in [-0.25, -0.2) is 4.39 Å². The molecule has 1 aromatic carbocycles. The van der Waals surface area contributed by atoms with Gasteiger partial charge >= 0.3 is 0 Å². The van der Waals surface area contributed by atoms with Gasteiger partial charge in [-0.05, 0) is 37.0 Å². The van der Waals surface area contributed by atoms with Crippen LogP contribution in [0.5, 0.6) is 0 Å². The fraction of sp³-hybridized carbons (Fsp3) is 0.571. The smallest absolute Gasteiger partial charge is 0.146 e. The zero-order valence-corrected chi connectivity index (χ0v) is 11.1. The number of aliphatic hydroxyl groups excluding tert-OH is 1. The molecule has 0 fully saturated rings. The Balaban J connectivity index is 2.77. The highest BCUT2D eigenvalue weighted by Gasteiger charge is 2.10. The Morgan fingerprint density at radius 1 is 1.29 bits per heavy atom. The van der Waals surface area contributed by atoms with Crippen LogP contribution in [-0.2, 0) is 0 Å². The molecule has 0 aliphatic rings. The van der Waals surface area contributed by atoms with E-state index in [1.54, 1.807) is 19.1 Å². The van der Waals surface area contributed by atoms with E-state index in [0.29, 0.717) is 17.2 Å². The van der Waals surface area contributed by atoms with E-state index >= 15 is 0 Å². The van der Waals surface area contributed by atoms with E-state index < -0.39 is 6.10 Å². The summed E-state index contributed by atoms with van der Waals surface area (Å²) in [6.07, 6.45) is 0.410. The molecule has 1 rings (SSSR count). The van der Waals surface area contributed by atoms with Gasteiger partial charge < -0.3 is 10.0 Å². The molecule has 1 unspecified atom stereocenters. The molecule has 0 spiro atoms. The van der Waals surface area contributed by atoms with Gasteiger partial charge in [0.25, 0.3) is 0 Å². The molecule has 1 atom stereocenters. The first-order valence-corrected chi connectivity index (χ1v) is 6.10. The van der Waals surface area contributed by atoms with Crippen molar-refractivity contribution in [3.8, 4) is 0 Å². The average Bonchev–Trinajstić information content (AvgIpc) is 2.25. The van der Waals surface area contributed by atoms with Crippen molar-refractivity contribution in [2.24, 2.45) is 5.92 Å². The van der Waals surface area contributed by atoms with Crippen molar-refractivity contribution >= 4 is 5.69 Å². The highest BCUT2D eigenvalue weighted by molar-refractivity contribution is 5.48.